The lowest BCUT2D eigenvalue weighted by molar-refractivity contribution is 0.0563. The summed E-state index contributed by atoms with van der Waals surface area (Å²) in [5.41, 5.74) is 2.18. The summed E-state index contributed by atoms with van der Waals surface area (Å²) in [4.78, 5) is 0. The third-order valence-electron chi connectivity index (χ3n) is 3.19. The molecule has 0 aliphatic carbocycles. The van der Waals surface area contributed by atoms with Gasteiger partial charge >= 0.3 is 0 Å². The van der Waals surface area contributed by atoms with E-state index < -0.39 is 0 Å². The molecular formula is C17H19BrO3. The number of rotatable bonds is 7. The van der Waals surface area contributed by atoms with Gasteiger partial charge in [0.25, 0.3) is 0 Å². The minimum Gasteiger partial charge on any atom is -0.497 e. The number of hydrogen-bond acceptors (Lipinski definition) is 3. The minimum absolute atomic E-state index is 0.0219. The highest BCUT2D eigenvalue weighted by molar-refractivity contribution is 9.09. The SMILES string of the molecule is COc1cccc(COC(CBr)c2cccc(OC)c2)c1. The summed E-state index contributed by atoms with van der Waals surface area (Å²) in [5.74, 6) is 1.68. The van der Waals surface area contributed by atoms with Gasteiger partial charge in [0.1, 0.15) is 11.5 Å². The molecule has 0 heterocycles. The summed E-state index contributed by atoms with van der Waals surface area (Å²) < 4.78 is 16.5. The number of halogens is 1. The Morgan fingerprint density at radius 1 is 0.952 bits per heavy atom. The smallest absolute Gasteiger partial charge is 0.119 e. The predicted molar refractivity (Wildman–Crippen MR) is 87.3 cm³/mol. The van der Waals surface area contributed by atoms with E-state index in [4.69, 9.17) is 14.2 Å². The highest BCUT2D eigenvalue weighted by atomic mass is 79.9. The molecule has 0 radical (unpaired) electrons. The van der Waals surface area contributed by atoms with Gasteiger partial charge in [-0.25, -0.2) is 0 Å². The molecule has 0 aliphatic heterocycles. The number of ether oxygens (including phenoxy) is 3. The van der Waals surface area contributed by atoms with E-state index in [0.717, 1.165) is 28.0 Å². The van der Waals surface area contributed by atoms with Gasteiger partial charge in [-0.1, -0.05) is 40.2 Å². The van der Waals surface area contributed by atoms with Crippen molar-refractivity contribution in [1.29, 1.82) is 0 Å². The Bertz CT molecular complexity index is 571. The summed E-state index contributed by atoms with van der Waals surface area (Å²) in [6.07, 6.45) is -0.0219. The topological polar surface area (TPSA) is 27.7 Å². The van der Waals surface area contributed by atoms with Crippen LogP contribution >= 0.6 is 15.9 Å². The first-order valence-corrected chi connectivity index (χ1v) is 7.83. The lowest BCUT2D eigenvalue weighted by atomic mass is 10.1. The zero-order valence-electron chi connectivity index (χ0n) is 12.2. The zero-order chi connectivity index (χ0) is 15.1. The van der Waals surface area contributed by atoms with Gasteiger partial charge in [0.2, 0.25) is 0 Å². The van der Waals surface area contributed by atoms with E-state index in [1.54, 1.807) is 14.2 Å². The van der Waals surface area contributed by atoms with E-state index in [1.165, 1.54) is 0 Å². The van der Waals surface area contributed by atoms with Crippen molar-refractivity contribution < 1.29 is 14.2 Å². The molecule has 0 amide bonds. The first-order valence-electron chi connectivity index (χ1n) is 6.71. The molecular weight excluding hydrogens is 332 g/mol. The second-order valence-corrected chi connectivity index (χ2v) is 5.23. The summed E-state index contributed by atoms with van der Waals surface area (Å²) in [6.45, 7) is 0.532. The van der Waals surface area contributed by atoms with Gasteiger partial charge in [0, 0.05) is 5.33 Å². The molecule has 2 aromatic carbocycles. The Morgan fingerprint density at radius 2 is 1.62 bits per heavy atom. The van der Waals surface area contributed by atoms with Crippen LogP contribution in [0.2, 0.25) is 0 Å². The van der Waals surface area contributed by atoms with E-state index in [9.17, 15) is 0 Å². The normalized spacial score (nSPS) is 12.0. The molecule has 0 saturated heterocycles. The Hall–Kier alpha value is -1.52. The van der Waals surface area contributed by atoms with Gasteiger partial charge in [-0.05, 0) is 35.4 Å². The largest absolute Gasteiger partial charge is 0.497 e. The van der Waals surface area contributed by atoms with Crippen LogP contribution in [0.3, 0.4) is 0 Å². The summed E-state index contributed by atoms with van der Waals surface area (Å²) >= 11 is 3.51. The Balaban J connectivity index is 2.04. The van der Waals surface area contributed by atoms with Crippen LogP contribution in [0.15, 0.2) is 48.5 Å². The lowest BCUT2D eigenvalue weighted by Gasteiger charge is -2.17. The van der Waals surface area contributed by atoms with Crippen LogP contribution in [0.25, 0.3) is 0 Å². The molecule has 0 fully saturated rings. The van der Waals surface area contributed by atoms with Crippen molar-refractivity contribution in [2.75, 3.05) is 19.5 Å². The number of methoxy groups -OCH3 is 2. The maximum absolute atomic E-state index is 6.00. The standard InChI is InChI=1S/C17H19BrO3/c1-19-15-7-3-5-13(9-15)12-21-17(11-18)14-6-4-8-16(10-14)20-2/h3-10,17H,11-12H2,1-2H3. The molecule has 0 bridgehead atoms. The molecule has 2 rings (SSSR count). The third-order valence-corrected chi connectivity index (χ3v) is 3.78. The minimum atomic E-state index is -0.0219. The van der Waals surface area contributed by atoms with Gasteiger partial charge in [-0.15, -0.1) is 0 Å². The van der Waals surface area contributed by atoms with E-state index in [0.29, 0.717) is 6.61 Å². The van der Waals surface area contributed by atoms with E-state index in [-0.39, 0.29) is 6.10 Å². The van der Waals surface area contributed by atoms with Crippen molar-refractivity contribution in [2.24, 2.45) is 0 Å². The molecule has 0 N–H and O–H groups in total. The summed E-state index contributed by atoms with van der Waals surface area (Å²) in [6, 6.07) is 15.8. The number of hydrogen-bond donors (Lipinski definition) is 0. The fraction of sp³-hybridized carbons (Fsp3) is 0.294. The zero-order valence-corrected chi connectivity index (χ0v) is 13.8. The Labute approximate surface area is 134 Å². The van der Waals surface area contributed by atoms with Crippen molar-refractivity contribution in [2.45, 2.75) is 12.7 Å². The molecule has 2 aromatic rings. The van der Waals surface area contributed by atoms with Gasteiger partial charge in [0.05, 0.1) is 26.9 Å². The predicted octanol–water partition coefficient (Wildman–Crippen LogP) is 4.36. The molecule has 0 saturated carbocycles. The molecule has 0 aliphatic rings. The van der Waals surface area contributed by atoms with Crippen molar-refractivity contribution >= 4 is 15.9 Å². The third kappa shape index (κ3) is 4.48. The maximum Gasteiger partial charge on any atom is 0.119 e. The van der Waals surface area contributed by atoms with E-state index >= 15 is 0 Å². The van der Waals surface area contributed by atoms with Crippen molar-refractivity contribution in [3.05, 3.63) is 59.7 Å². The monoisotopic (exact) mass is 350 g/mol. The highest BCUT2D eigenvalue weighted by Gasteiger charge is 2.12. The summed E-state index contributed by atoms with van der Waals surface area (Å²) in [7, 11) is 3.33. The van der Waals surface area contributed by atoms with Gasteiger partial charge < -0.3 is 14.2 Å². The average molecular weight is 351 g/mol. The molecule has 1 unspecified atom stereocenters. The first-order chi connectivity index (χ1) is 10.3. The fourth-order valence-corrected chi connectivity index (χ4v) is 2.59. The van der Waals surface area contributed by atoms with Gasteiger partial charge in [-0.3, -0.25) is 0 Å². The van der Waals surface area contributed by atoms with Gasteiger partial charge in [-0.2, -0.15) is 0 Å². The van der Waals surface area contributed by atoms with Gasteiger partial charge in [0.15, 0.2) is 0 Å². The lowest BCUT2D eigenvalue weighted by Crippen LogP contribution is -2.06. The highest BCUT2D eigenvalue weighted by Crippen LogP contribution is 2.25. The van der Waals surface area contributed by atoms with Crippen LogP contribution in [0.5, 0.6) is 11.5 Å². The van der Waals surface area contributed by atoms with E-state index in [1.807, 2.05) is 48.5 Å². The quantitative estimate of drug-likeness (QED) is 0.694. The second kappa shape index (κ2) is 8.05. The Kier molecular flexibility index (Phi) is 6.08. The van der Waals surface area contributed by atoms with Crippen molar-refractivity contribution in [1.82, 2.24) is 0 Å². The number of benzene rings is 2. The fourth-order valence-electron chi connectivity index (χ4n) is 2.03. The van der Waals surface area contributed by atoms with Crippen LogP contribution < -0.4 is 9.47 Å². The van der Waals surface area contributed by atoms with E-state index in [2.05, 4.69) is 15.9 Å². The van der Waals surface area contributed by atoms with Crippen LogP contribution in [0, 0.1) is 0 Å². The van der Waals surface area contributed by atoms with Crippen LogP contribution in [0.4, 0.5) is 0 Å². The van der Waals surface area contributed by atoms with Crippen molar-refractivity contribution in [3.63, 3.8) is 0 Å². The Morgan fingerprint density at radius 3 is 2.29 bits per heavy atom. The molecule has 21 heavy (non-hydrogen) atoms. The average Bonchev–Trinajstić information content (AvgIpc) is 2.56. The number of alkyl halides is 1. The first kappa shape index (κ1) is 15.9. The van der Waals surface area contributed by atoms with Crippen LogP contribution in [-0.4, -0.2) is 19.5 Å². The molecule has 0 aromatic heterocycles. The van der Waals surface area contributed by atoms with Crippen molar-refractivity contribution in [3.8, 4) is 11.5 Å². The second-order valence-electron chi connectivity index (χ2n) is 4.58. The molecule has 4 heteroatoms. The molecule has 3 nitrogen and oxygen atoms in total. The molecule has 1 atom stereocenters. The summed E-state index contributed by atoms with van der Waals surface area (Å²) in [5, 5.41) is 0.726. The molecule has 112 valence electrons. The molecule has 0 spiro atoms. The van der Waals surface area contributed by atoms with Crippen LogP contribution in [0.1, 0.15) is 17.2 Å². The van der Waals surface area contributed by atoms with Crippen LogP contribution in [-0.2, 0) is 11.3 Å². The maximum atomic E-state index is 6.00.